The molecule has 1 fully saturated rings. The summed E-state index contributed by atoms with van der Waals surface area (Å²) in [5.41, 5.74) is 6.79. The number of nitrogens with two attached hydrogens (primary N) is 1. The molecule has 1 saturated heterocycles. The van der Waals surface area contributed by atoms with Crippen LogP contribution in [0.5, 0.6) is 0 Å². The van der Waals surface area contributed by atoms with Gasteiger partial charge in [-0.3, -0.25) is 4.79 Å². The number of hydrogen-bond acceptors (Lipinski definition) is 3. The van der Waals surface area contributed by atoms with Crippen LogP contribution in [0.2, 0.25) is 0 Å². The molecule has 18 heavy (non-hydrogen) atoms. The molecule has 2 rings (SSSR count). The van der Waals surface area contributed by atoms with E-state index in [0.29, 0.717) is 13.1 Å². The third-order valence-electron chi connectivity index (χ3n) is 3.66. The van der Waals surface area contributed by atoms with Crippen molar-refractivity contribution < 1.29 is 9.90 Å². The van der Waals surface area contributed by atoms with Crippen LogP contribution in [-0.2, 0) is 4.79 Å². The van der Waals surface area contributed by atoms with E-state index in [1.807, 2.05) is 37.3 Å². The Morgan fingerprint density at radius 1 is 1.44 bits per heavy atom. The third-order valence-corrected chi connectivity index (χ3v) is 3.66. The maximum atomic E-state index is 12.2. The van der Waals surface area contributed by atoms with Crippen LogP contribution in [0.1, 0.15) is 24.9 Å². The van der Waals surface area contributed by atoms with E-state index < -0.39 is 12.1 Å². The van der Waals surface area contributed by atoms with Gasteiger partial charge in [0.1, 0.15) is 6.04 Å². The molecular weight excluding hydrogens is 228 g/mol. The van der Waals surface area contributed by atoms with Gasteiger partial charge in [-0.1, -0.05) is 37.3 Å². The summed E-state index contributed by atoms with van der Waals surface area (Å²) in [5, 5.41) is 9.81. The van der Waals surface area contributed by atoms with Crippen molar-refractivity contribution in [2.75, 3.05) is 13.1 Å². The number of rotatable bonds is 2. The van der Waals surface area contributed by atoms with Crippen molar-refractivity contribution in [1.82, 2.24) is 4.90 Å². The van der Waals surface area contributed by atoms with Crippen LogP contribution in [0, 0.1) is 5.92 Å². The summed E-state index contributed by atoms with van der Waals surface area (Å²) in [7, 11) is 0. The Morgan fingerprint density at radius 3 is 2.72 bits per heavy atom. The number of likely N-dealkylation sites (tertiary alicyclic amines) is 1. The maximum Gasteiger partial charge on any atom is 0.244 e. The number of aliphatic hydroxyl groups is 1. The monoisotopic (exact) mass is 248 g/mol. The number of aliphatic hydroxyl groups excluding tert-OH is 1. The number of benzene rings is 1. The minimum absolute atomic E-state index is 0.104. The summed E-state index contributed by atoms with van der Waals surface area (Å²) in [6.45, 7) is 3.07. The number of amides is 1. The van der Waals surface area contributed by atoms with Gasteiger partial charge in [-0.15, -0.1) is 0 Å². The van der Waals surface area contributed by atoms with E-state index in [4.69, 9.17) is 5.73 Å². The van der Waals surface area contributed by atoms with Crippen molar-refractivity contribution in [2.24, 2.45) is 11.7 Å². The highest BCUT2D eigenvalue weighted by Crippen LogP contribution is 2.20. The molecule has 3 N–H and O–H groups in total. The Balaban J connectivity index is 2.03. The predicted octanol–water partition coefficient (Wildman–Crippen LogP) is 0.916. The van der Waals surface area contributed by atoms with Crippen molar-refractivity contribution in [3.63, 3.8) is 0 Å². The quantitative estimate of drug-likeness (QED) is 0.817. The van der Waals surface area contributed by atoms with Crippen LogP contribution < -0.4 is 5.73 Å². The SMILES string of the molecule is CC1CCN(C(=O)[C@H](N)c2ccccc2)CC1O. The van der Waals surface area contributed by atoms with Gasteiger partial charge in [-0.25, -0.2) is 0 Å². The first-order valence-corrected chi connectivity index (χ1v) is 6.37. The van der Waals surface area contributed by atoms with Crippen LogP contribution >= 0.6 is 0 Å². The Labute approximate surface area is 107 Å². The third kappa shape index (κ3) is 2.71. The predicted molar refractivity (Wildman–Crippen MR) is 69.7 cm³/mol. The number of hydrogen-bond donors (Lipinski definition) is 2. The lowest BCUT2D eigenvalue weighted by Gasteiger charge is -2.35. The van der Waals surface area contributed by atoms with Gasteiger partial charge in [0, 0.05) is 13.1 Å². The molecule has 1 aromatic carbocycles. The van der Waals surface area contributed by atoms with Crippen LogP contribution in [0.4, 0.5) is 0 Å². The average molecular weight is 248 g/mol. The highest BCUT2D eigenvalue weighted by molar-refractivity contribution is 5.83. The molecule has 1 aliphatic heterocycles. The number of carbonyl (C=O) groups is 1. The van der Waals surface area contributed by atoms with Crippen LogP contribution in [0.25, 0.3) is 0 Å². The Bertz CT molecular complexity index is 408. The molecule has 0 aliphatic carbocycles. The molecule has 0 radical (unpaired) electrons. The van der Waals surface area contributed by atoms with Gasteiger partial charge in [0.2, 0.25) is 5.91 Å². The number of carbonyl (C=O) groups excluding carboxylic acids is 1. The van der Waals surface area contributed by atoms with Crippen LogP contribution in [0.3, 0.4) is 0 Å². The summed E-state index contributed by atoms with van der Waals surface area (Å²) in [5.74, 6) is 0.147. The normalized spacial score (nSPS) is 25.8. The van der Waals surface area contributed by atoms with E-state index in [9.17, 15) is 9.90 Å². The number of nitrogens with zero attached hydrogens (tertiary/aromatic N) is 1. The Morgan fingerprint density at radius 2 is 2.11 bits per heavy atom. The second kappa shape index (κ2) is 5.50. The van der Waals surface area contributed by atoms with Gasteiger partial charge < -0.3 is 15.7 Å². The lowest BCUT2D eigenvalue weighted by atomic mass is 9.95. The van der Waals surface area contributed by atoms with Gasteiger partial charge in [-0.2, -0.15) is 0 Å². The fourth-order valence-corrected chi connectivity index (χ4v) is 2.25. The fourth-order valence-electron chi connectivity index (χ4n) is 2.25. The second-order valence-electron chi connectivity index (χ2n) is 5.01. The Hall–Kier alpha value is -1.39. The molecule has 4 heteroatoms. The highest BCUT2D eigenvalue weighted by atomic mass is 16.3. The van der Waals surface area contributed by atoms with Crippen LogP contribution in [-0.4, -0.2) is 35.1 Å². The lowest BCUT2D eigenvalue weighted by molar-refractivity contribution is -0.137. The standard InChI is InChI=1S/C14H20N2O2/c1-10-7-8-16(9-12(10)17)14(18)13(15)11-5-3-2-4-6-11/h2-6,10,12-13,17H,7-9,15H2,1H3/t10?,12?,13-/m1/s1. The van der Waals surface area contributed by atoms with Crippen LogP contribution in [0.15, 0.2) is 30.3 Å². The molecule has 0 saturated carbocycles. The first kappa shape index (κ1) is 13.1. The molecule has 0 bridgehead atoms. The summed E-state index contributed by atoms with van der Waals surface area (Å²) < 4.78 is 0. The zero-order valence-electron chi connectivity index (χ0n) is 10.6. The van der Waals surface area contributed by atoms with Crippen molar-refractivity contribution in [1.29, 1.82) is 0 Å². The van der Waals surface area contributed by atoms with Gasteiger partial charge >= 0.3 is 0 Å². The van der Waals surface area contributed by atoms with Crippen molar-refractivity contribution >= 4 is 5.91 Å². The van der Waals surface area contributed by atoms with Crippen molar-refractivity contribution in [3.05, 3.63) is 35.9 Å². The van der Waals surface area contributed by atoms with E-state index in [1.165, 1.54) is 0 Å². The van der Waals surface area contributed by atoms with E-state index in [0.717, 1.165) is 12.0 Å². The maximum absolute atomic E-state index is 12.2. The summed E-state index contributed by atoms with van der Waals surface area (Å²) in [6, 6.07) is 8.71. The largest absolute Gasteiger partial charge is 0.391 e. The molecule has 98 valence electrons. The molecule has 0 aromatic heterocycles. The summed E-state index contributed by atoms with van der Waals surface area (Å²) in [4.78, 5) is 13.9. The second-order valence-corrected chi connectivity index (χ2v) is 5.01. The van der Waals surface area contributed by atoms with E-state index >= 15 is 0 Å². The van der Waals surface area contributed by atoms with Gasteiger partial charge in [0.15, 0.2) is 0 Å². The molecule has 1 amide bonds. The summed E-state index contributed by atoms with van der Waals surface area (Å²) >= 11 is 0. The molecule has 2 unspecified atom stereocenters. The molecule has 1 heterocycles. The molecule has 4 nitrogen and oxygen atoms in total. The minimum atomic E-state index is -0.633. The zero-order chi connectivity index (χ0) is 13.1. The summed E-state index contributed by atoms with van der Waals surface area (Å²) in [6.07, 6.45) is 0.389. The molecule has 0 spiro atoms. The first-order chi connectivity index (χ1) is 8.59. The highest BCUT2D eigenvalue weighted by Gasteiger charge is 2.30. The van der Waals surface area contributed by atoms with E-state index in [-0.39, 0.29) is 11.8 Å². The number of β-amino-alcohol motifs (C(OH)–C–C–N with tert-alkyl or cyclic N) is 1. The van der Waals surface area contributed by atoms with E-state index in [1.54, 1.807) is 4.90 Å². The fraction of sp³-hybridized carbons (Fsp3) is 0.500. The molecule has 1 aromatic rings. The van der Waals surface area contributed by atoms with Gasteiger partial charge in [0.25, 0.3) is 0 Å². The van der Waals surface area contributed by atoms with E-state index in [2.05, 4.69) is 0 Å². The lowest BCUT2D eigenvalue weighted by Crippen LogP contribution is -2.48. The molecule has 1 aliphatic rings. The van der Waals surface area contributed by atoms with Crippen molar-refractivity contribution in [3.8, 4) is 0 Å². The van der Waals surface area contributed by atoms with Gasteiger partial charge in [-0.05, 0) is 17.9 Å². The zero-order valence-corrected chi connectivity index (χ0v) is 10.6. The van der Waals surface area contributed by atoms with Crippen molar-refractivity contribution in [2.45, 2.75) is 25.5 Å². The van der Waals surface area contributed by atoms with Gasteiger partial charge in [0.05, 0.1) is 6.10 Å². The molecule has 3 atom stereocenters. The smallest absolute Gasteiger partial charge is 0.244 e. The first-order valence-electron chi connectivity index (χ1n) is 6.37. The topological polar surface area (TPSA) is 66.6 Å². The minimum Gasteiger partial charge on any atom is -0.391 e. The molecular formula is C14H20N2O2. The Kier molecular flexibility index (Phi) is 3.99. The average Bonchev–Trinajstić information content (AvgIpc) is 2.41. The number of piperidine rings is 1.